The van der Waals surface area contributed by atoms with Crippen LogP contribution in [-0.2, 0) is 6.54 Å². The summed E-state index contributed by atoms with van der Waals surface area (Å²) < 4.78 is 6.62. The van der Waals surface area contributed by atoms with Gasteiger partial charge in [-0.2, -0.15) is 0 Å². The molecule has 2 heterocycles. The van der Waals surface area contributed by atoms with Gasteiger partial charge in [-0.05, 0) is 24.6 Å². The third-order valence-electron chi connectivity index (χ3n) is 3.31. The van der Waals surface area contributed by atoms with Gasteiger partial charge in [-0.3, -0.25) is 4.57 Å². The SMILES string of the molecule is Cc1ccc(C(N)Cn2c(=O)oc3cccnc32)cc1. The van der Waals surface area contributed by atoms with Crippen LogP contribution in [0.4, 0.5) is 0 Å². The summed E-state index contributed by atoms with van der Waals surface area (Å²) in [5, 5.41) is 0. The van der Waals surface area contributed by atoms with Crippen molar-refractivity contribution in [3.63, 3.8) is 0 Å². The lowest BCUT2D eigenvalue weighted by Gasteiger charge is -2.12. The van der Waals surface area contributed by atoms with Gasteiger partial charge in [0.2, 0.25) is 0 Å². The van der Waals surface area contributed by atoms with E-state index in [0.717, 1.165) is 5.56 Å². The Morgan fingerprint density at radius 2 is 2.05 bits per heavy atom. The molecule has 0 amide bonds. The van der Waals surface area contributed by atoms with Crippen molar-refractivity contribution in [2.24, 2.45) is 5.73 Å². The van der Waals surface area contributed by atoms with Crippen molar-refractivity contribution in [2.75, 3.05) is 0 Å². The van der Waals surface area contributed by atoms with Crippen molar-refractivity contribution >= 4 is 11.2 Å². The van der Waals surface area contributed by atoms with Crippen LogP contribution in [0.3, 0.4) is 0 Å². The van der Waals surface area contributed by atoms with Crippen LogP contribution in [0.15, 0.2) is 51.8 Å². The van der Waals surface area contributed by atoms with Crippen LogP contribution in [0.5, 0.6) is 0 Å². The summed E-state index contributed by atoms with van der Waals surface area (Å²) in [5.41, 5.74) is 9.33. The molecule has 5 nitrogen and oxygen atoms in total. The monoisotopic (exact) mass is 269 g/mol. The molecule has 2 N–H and O–H groups in total. The second-order valence-electron chi connectivity index (χ2n) is 4.82. The van der Waals surface area contributed by atoms with Crippen LogP contribution in [0.1, 0.15) is 17.2 Å². The molecular weight excluding hydrogens is 254 g/mol. The van der Waals surface area contributed by atoms with E-state index in [1.54, 1.807) is 18.3 Å². The second-order valence-corrected chi connectivity index (χ2v) is 4.82. The van der Waals surface area contributed by atoms with Crippen molar-refractivity contribution in [2.45, 2.75) is 19.5 Å². The van der Waals surface area contributed by atoms with Crippen LogP contribution in [-0.4, -0.2) is 9.55 Å². The molecule has 0 aliphatic carbocycles. The maximum absolute atomic E-state index is 11.9. The van der Waals surface area contributed by atoms with Crippen molar-refractivity contribution in [1.29, 1.82) is 0 Å². The average Bonchev–Trinajstić information content (AvgIpc) is 2.76. The Labute approximate surface area is 115 Å². The Bertz CT molecular complexity index is 787. The molecule has 1 unspecified atom stereocenters. The molecule has 20 heavy (non-hydrogen) atoms. The highest BCUT2D eigenvalue weighted by Crippen LogP contribution is 2.16. The fraction of sp³-hybridized carbons (Fsp3) is 0.200. The second kappa shape index (κ2) is 4.94. The fourth-order valence-corrected chi connectivity index (χ4v) is 2.18. The summed E-state index contributed by atoms with van der Waals surface area (Å²) in [6.07, 6.45) is 1.63. The molecular formula is C15H15N3O2. The van der Waals surface area contributed by atoms with E-state index in [0.29, 0.717) is 17.8 Å². The molecule has 3 aromatic rings. The minimum atomic E-state index is -0.429. The summed E-state index contributed by atoms with van der Waals surface area (Å²) in [7, 11) is 0. The fourth-order valence-electron chi connectivity index (χ4n) is 2.18. The van der Waals surface area contributed by atoms with Gasteiger partial charge in [-0.1, -0.05) is 29.8 Å². The Balaban J connectivity index is 1.95. The first-order chi connectivity index (χ1) is 9.65. The molecule has 0 bridgehead atoms. The molecule has 1 atom stereocenters. The molecule has 5 heteroatoms. The predicted molar refractivity (Wildman–Crippen MR) is 76.4 cm³/mol. The van der Waals surface area contributed by atoms with Crippen LogP contribution >= 0.6 is 0 Å². The van der Waals surface area contributed by atoms with Gasteiger partial charge in [0.05, 0.1) is 6.54 Å². The third kappa shape index (κ3) is 2.23. The maximum Gasteiger partial charge on any atom is 0.421 e. The number of pyridine rings is 1. The normalized spacial score (nSPS) is 12.7. The lowest BCUT2D eigenvalue weighted by Crippen LogP contribution is -2.24. The number of oxazole rings is 1. The number of benzene rings is 1. The van der Waals surface area contributed by atoms with Crippen LogP contribution in [0.2, 0.25) is 0 Å². The number of nitrogens with two attached hydrogens (primary N) is 1. The summed E-state index contributed by atoms with van der Waals surface area (Å²) in [6.45, 7) is 2.36. The smallest absolute Gasteiger partial charge is 0.406 e. The first-order valence-corrected chi connectivity index (χ1v) is 6.41. The first-order valence-electron chi connectivity index (χ1n) is 6.41. The van der Waals surface area contributed by atoms with Gasteiger partial charge < -0.3 is 10.2 Å². The van der Waals surface area contributed by atoms with Crippen molar-refractivity contribution < 1.29 is 4.42 Å². The van der Waals surface area contributed by atoms with E-state index in [-0.39, 0.29) is 6.04 Å². The number of fused-ring (bicyclic) bond motifs is 1. The Kier molecular flexibility index (Phi) is 3.12. The van der Waals surface area contributed by atoms with E-state index in [2.05, 4.69) is 4.98 Å². The molecule has 0 fully saturated rings. The van der Waals surface area contributed by atoms with Crippen LogP contribution in [0.25, 0.3) is 11.2 Å². The molecule has 2 aromatic heterocycles. The third-order valence-corrected chi connectivity index (χ3v) is 3.31. The number of aromatic nitrogens is 2. The van der Waals surface area contributed by atoms with E-state index in [1.807, 2.05) is 31.2 Å². The Hall–Kier alpha value is -2.40. The Morgan fingerprint density at radius 1 is 1.30 bits per heavy atom. The highest BCUT2D eigenvalue weighted by molar-refractivity contribution is 5.67. The lowest BCUT2D eigenvalue weighted by molar-refractivity contribution is 0.480. The molecule has 0 saturated carbocycles. The summed E-state index contributed by atoms with van der Waals surface area (Å²) in [6, 6.07) is 11.1. The minimum absolute atomic E-state index is 0.281. The standard InChI is InChI=1S/C15H15N3O2/c1-10-4-6-11(7-5-10)12(16)9-18-14-13(20-15(18)19)3-2-8-17-14/h2-8,12H,9,16H2,1H3. The zero-order valence-electron chi connectivity index (χ0n) is 11.1. The van der Waals surface area contributed by atoms with E-state index in [1.165, 1.54) is 10.1 Å². The predicted octanol–water partition coefficient (Wildman–Crippen LogP) is 2.00. The summed E-state index contributed by atoms with van der Waals surface area (Å²) in [4.78, 5) is 16.0. The van der Waals surface area contributed by atoms with Crippen molar-refractivity contribution in [3.05, 3.63) is 64.3 Å². The van der Waals surface area contributed by atoms with Crippen molar-refractivity contribution in [1.82, 2.24) is 9.55 Å². The molecule has 1 aromatic carbocycles. The number of hydrogen-bond acceptors (Lipinski definition) is 4. The first kappa shape index (κ1) is 12.6. The minimum Gasteiger partial charge on any atom is -0.406 e. The van der Waals surface area contributed by atoms with E-state index < -0.39 is 5.76 Å². The highest BCUT2D eigenvalue weighted by Gasteiger charge is 2.14. The number of hydrogen-bond donors (Lipinski definition) is 1. The maximum atomic E-state index is 11.9. The molecule has 0 saturated heterocycles. The van der Waals surface area contributed by atoms with Crippen LogP contribution < -0.4 is 11.5 Å². The number of rotatable bonds is 3. The molecule has 102 valence electrons. The largest absolute Gasteiger partial charge is 0.421 e. The molecule has 0 aliphatic heterocycles. The van der Waals surface area contributed by atoms with Crippen molar-refractivity contribution in [3.8, 4) is 0 Å². The zero-order valence-corrected chi connectivity index (χ0v) is 11.1. The number of aryl methyl sites for hydroxylation is 1. The van der Waals surface area contributed by atoms with Crippen LogP contribution in [0, 0.1) is 6.92 Å². The molecule has 0 aliphatic rings. The van der Waals surface area contributed by atoms with Gasteiger partial charge >= 0.3 is 5.76 Å². The summed E-state index contributed by atoms with van der Waals surface area (Å²) in [5.74, 6) is -0.429. The van der Waals surface area contributed by atoms with Gasteiger partial charge in [0.1, 0.15) is 0 Å². The molecule has 0 spiro atoms. The highest BCUT2D eigenvalue weighted by atomic mass is 16.4. The van der Waals surface area contributed by atoms with Gasteiger partial charge in [-0.25, -0.2) is 9.78 Å². The van der Waals surface area contributed by atoms with E-state index in [9.17, 15) is 4.79 Å². The molecule has 0 radical (unpaired) electrons. The van der Waals surface area contributed by atoms with Gasteiger partial charge in [0, 0.05) is 12.2 Å². The zero-order chi connectivity index (χ0) is 14.1. The Morgan fingerprint density at radius 3 is 2.80 bits per heavy atom. The quantitative estimate of drug-likeness (QED) is 0.789. The van der Waals surface area contributed by atoms with Gasteiger partial charge in [-0.15, -0.1) is 0 Å². The van der Waals surface area contributed by atoms with Gasteiger partial charge in [0.15, 0.2) is 11.2 Å². The number of nitrogens with zero attached hydrogens (tertiary/aromatic N) is 2. The van der Waals surface area contributed by atoms with E-state index >= 15 is 0 Å². The average molecular weight is 269 g/mol. The summed E-state index contributed by atoms with van der Waals surface area (Å²) >= 11 is 0. The lowest BCUT2D eigenvalue weighted by atomic mass is 10.1. The van der Waals surface area contributed by atoms with E-state index in [4.69, 9.17) is 10.2 Å². The molecule has 3 rings (SSSR count). The topological polar surface area (TPSA) is 74.0 Å². The van der Waals surface area contributed by atoms with Gasteiger partial charge in [0.25, 0.3) is 0 Å².